The minimum absolute atomic E-state index is 0.435. The average molecular weight is 450 g/mol. The molecular formula is C28H23N3O3. The normalized spacial score (nSPS) is 15.1. The molecule has 1 unspecified atom stereocenters. The van der Waals surface area contributed by atoms with E-state index in [4.69, 9.17) is 9.15 Å². The van der Waals surface area contributed by atoms with Gasteiger partial charge in [0.25, 0.3) is 0 Å². The number of benzene rings is 2. The van der Waals surface area contributed by atoms with Crippen molar-refractivity contribution in [1.82, 2.24) is 10.3 Å². The summed E-state index contributed by atoms with van der Waals surface area (Å²) in [6, 6.07) is 19.8. The molecule has 4 aromatic rings. The Bertz CT molecular complexity index is 1530. The lowest BCUT2D eigenvalue weighted by atomic mass is 9.76. The predicted octanol–water partition coefficient (Wildman–Crippen LogP) is 4.86. The van der Waals surface area contributed by atoms with Crippen molar-refractivity contribution in [1.29, 1.82) is 5.26 Å². The molecule has 0 saturated carbocycles. The van der Waals surface area contributed by atoms with Gasteiger partial charge >= 0.3 is 5.63 Å². The van der Waals surface area contributed by atoms with Crippen molar-refractivity contribution in [2.45, 2.75) is 19.3 Å². The lowest BCUT2D eigenvalue weighted by molar-refractivity contribution is 0.414. The van der Waals surface area contributed by atoms with Gasteiger partial charge in [0.15, 0.2) is 0 Å². The fraction of sp³-hybridized carbons (Fsp3) is 0.179. The van der Waals surface area contributed by atoms with E-state index in [2.05, 4.69) is 16.4 Å². The number of hydrogen-bond donors (Lipinski definition) is 1. The highest BCUT2D eigenvalue weighted by atomic mass is 16.5. The van der Waals surface area contributed by atoms with Crippen molar-refractivity contribution >= 4 is 11.0 Å². The Morgan fingerprint density at radius 1 is 1.12 bits per heavy atom. The molecule has 6 heteroatoms. The maximum atomic E-state index is 13.3. The molecule has 2 heterocycles. The molecule has 1 aliphatic rings. The number of hydrogen-bond acceptors (Lipinski definition) is 6. The van der Waals surface area contributed by atoms with Crippen LogP contribution in [0, 0.1) is 18.3 Å². The number of methoxy groups -OCH3 is 1. The minimum atomic E-state index is -0.524. The molecule has 0 amide bonds. The molecular weight excluding hydrogens is 426 g/mol. The Morgan fingerprint density at radius 2 is 1.88 bits per heavy atom. The molecule has 0 bridgehead atoms. The number of fused-ring (bicyclic) bond motifs is 3. The van der Waals surface area contributed by atoms with Gasteiger partial charge in [-0.3, -0.25) is 4.98 Å². The van der Waals surface area contributed by atoms with E-state index in [1.54, 1.807) is 20.2 Å². The summed E-state index contributed by atoms with van der Waals surface area (Å²) in [5.41, 5.74) is 6.58. The zero-order valence-corrected chi connectivity index (χ0v) is 19.2. The van der Waals surface area contributed by atoms with E-state index in [1.807, 2.05) is 61.7 Å². The van der Waals surface area contributed by atoms with Crippen molar-refractivity contribution in [2.24, 2.45) is 0 Å². The molecule has 1 atom stereocenters. The van der Waals surface area contributed by atoms with Gasteiger partial charge < -0.3 is 14.5 Å². The number of nitriles is 1. The number of allylic oxidation sites excluding steroid dienone is 2. The first-order valence-corrected chi connectivity index (χ1v) is 11.0. The number of pyridine rings is 1. The number of likely N-dealkylation sites (N-methyl/N-ethyl adjacent to an activating group) is 1. The van der Waals surface area contributed by atoms with E-state index in [0.717, 1.165) is 39.0 Å². The number of rotatable bonds is 4. The fourth-order valence-corrected chi connectivity index (χ4v) is 4.65. The maximum absolute atomic E-state index is 13.3. The molecule has 5 rings (SSSR count). The van der Waals surface area contributed by atoms with Gasteiger partial charge in [-0.2, -0.15) is 5.26 Å². The van der Waals surface area contributed by atoms with Crippen LogP contribution in [0.4, 0.5) is 0 Å². The summed E-state index contributed by atoms with van der Waals surface area (Å²) in [6.07, 6.45) is 2.29. The first-order chi connectivity index (χ1) is 16.5. The summed E-state index contributed by atoms with van der Waals surface area (Å²) in [5, 5.41) is 14.1. The van der Waals surface area contributed by atoms with Crippen LogP contribution in [0.5, 0.6) is 5.75 Å². The molecule has 2 aromatic heterocycles. The van der Waals surface area contributed by atoms with Crippen molar-refractivity contribution in [3.63, 3.8) is 0 Å². The standard InChI is InChI=1S/C28H23N3O3/c1-16-4-5-19(15-31-16)17-6-8-18(9-7-17)26-23(14-29)24(30-2)13-22-21-11-10-20(33-3)12-25(21)34-28(32)27(22)26/h4-12,15,26,30H,13H2,1-3H3. The second kappa shape index (κ2) is 8.53. The Hall–Kier alpha value is -4.37. The lowest BCUT2D eigenvalue weighted by Gasteiger charge is -2.28. The summed E-state index contributed by atoms with van der Waals surface area (Å²) in [6.45, 7) is 1.95. The van der Waals surface area contributed by atoms with Crippen molar-refractivity contribution < 1.29 is 9.15 Å². The van der Waals surface area contributed by atoms with E-state index >= 15 is 0 Å². The highest BCUT2D eigenvalue weighted by Crippen LogP contribution is 2.41. The second-order valence-corrected chi connectivity index (χ2v) is 8.32. The van der Waals surface area contributed by atoms with Crippen LogP contribution in [0.15, 0.2) is 81.3 Å². The second-order valence-electron chi connectivity index (χ2n) is 8.32. The molecule has 0 radical (unpaired) electrons. The Morgan fingerprint density at radius 3 is 2.53 bits per heavy atom. The predicted molar refractivity (Wildman–Crippen MR) is 131 cm³/mol. The topological polar surface area (TPSA) is 88.2 Å². The Kier molecular flexibility index (Phi) is 5.39. The molecule has 0 aliphatic heterocycles. The summed E-state index contributed by atoms with van der Waals surface area (Å²) in [4.78, 5) is 17.6. The molecule has 0 fully saturated rings. The molecule has 0 saturated heterocycles. The van der Waals surface area contributed by atoms with Gasteiger partial charge in [-0.1, -0.05) is 30.3 Å². The SMILES string of the molecule is CNC1=C(C#N)C(c2ccc(-c3ccc(C)nc3)cc2)c2c(c3ccc(OC)cc3oc2=O)C1. The van der Waals surface area contributed by atoms with Crippen LogP contribution in [0.25, 0.3) is 22.1 Å². The van der Waals surface area contributed by atoms with Gasteiger partial charge in [0, 0.05) is 48.1 Å². The highest BCUT2D eigenvalue weighted by Gasteiger charge is 2.34. The molecule has 168 valence electrons. The molecule has 6 nitrogen and oxygen atoms in total. The summed E-state index contributed by atoms with van der Waals surface area (Å²) >= 11 is 0. The first kappa shape index (κ1) is 21.5. The van der Waals surface area contributed by atoms with Crippen molar-refractivity contribution in [2.75, 3.05) is 14.2 Å². The van der Waals surface area contributed by atoms with E-state index in [-0.39, 0.29) is 0 Å². The Labute approximate surface area is 197 Å². The van der Waals surface area contributed by atoms with Crippen LogP contribution in [0.2, 0.25) is 0 Å². The fourth-order valence-electron chi connectivity index (χ4n) is 4.65. The van der Waals surface area contributed by atoms with Crippen LogP contribution < -0.4 is 15.7 Å². The third-order valence-electron chi connectivity index (χ3n) is 6.43. The quantitative estimate of drug-likeness (QED) is 0.448. The monoisotopic (exact) mass is 449 g/mol. The third-order valence-corrected chi connectivity index (χ3v) is 6.43. The number of ether oxygens (including phenoxy) is 1. The number of nitrogens with zero attached hydrogens (tertiary/aromatic N) is 2. The van der Waals surface area contributed by atoms with Crippen LogP contribution in [0.3, 0.4) is 0 Å². The Balaban J connectivity index is 1.69. The highest BCUT2D eigenvalue weighted by molar-refractivity contribution is 5.84. The number of nitrogens with one attached hydrogen (secondary N) is 1. The van der Waals surface area contributed by atoms with E-state index in [1.165, 1.54) is 0 Å². The van der Waals surface area contributed by atoms with Gasteiger partial charge in [-0.15, -0.1) is 0 Å². The van der Waals surface area contributed by atoms with Crippen LogP contribution >= 0.6 is 0 Å². The number of aryl methyl sites for hydroxylation is 1. The molecule has 1 N–H and O–H groups in total. The summed E-state index contributed by atoms with van der Waals surface area (Å²) in [7, 11) is 3.38. The smallest absolute Gasteiger partial charge is 0.340 e. The van der Waals surface area contributed by atoms with Crippen molar-refractivity contribution in [3.8, 4) is 22.9 Å². The zero-order chi connectivity index (χ0) is 23.8. The van der Waals surface area contributed by atoms with Gasteiger partial charge in [-0.25, -0.2) is 4.79 Å². The summed E-state index contributed by atoms with van der Waals surface area (Å²) in [5.74, 6) is 0.0929. The van der Waals surface area contributed by atoms with E-state index in [9.17, 15) is 10.1 Å². The lowest BCUT2D eigenvalue weighted by Crippen LogP contribution is -2.27. The van der Waals surface area contributed by atoms with Crippen LogP contribution in [-0.2, 0) is 6.42 Å². The largest absolute Gasteiger partial charge is 0.497 e. The van der Waals surface area contributed by atoms with Gasteiger partial charge in [0.05, 0.1) is 30.2 Å². The van der Waals surface area contributed by atoms with E-state index in [0.29, 0.717) is 28.9 Å². The molecule has 1 aliphatic carbocycles. The van der Waals surface area contributed by atoms with Gasteiger partial charge in [0.2, 0.25) is 0 Å². The van der Waals surface area contributed by atoms with Crippen LogP contribution in [0.1, 0.15) is 28.3 Å². The van der Waals surface area contributed by atoms with Crippen molar-refractivity contribution in [3.05, 3.63) is 105 Å². The third kappa shape index (κ3) is 3.52. The van der Waals surface area contributed by atoms with Gasteiger partial charge in [0.1, 0.15) is 11.3 Å². The molecule has 0 spiro atoms. The minimum Gasteiger partial charge on any atom is -0.497 e. The maximum Gasteiger partial charge on any atom is 0.340 e. The average Bonchev–Trinajstić information content (AvgIpc) is 2.87. The zero-order valence-electron chi connectivity index (χ0n) is 19.2. The first-order valence-electron chi connectivity index (χ1n) is 11.0. The summed E-state index contributed by atoms with van der Waals surface area (Å²) < 4.78 is 11.0. The van der Waals surface area contributed by atoms with Gasteiger partial charge in [-0.05, 0) is 41.8 Å². The number of aromatic nitrogens is 1. The molecule has 2 aromatic carbocycles. The molecule has 34 heavy (non-hydrogen) atoms. The van der Waals surface area contributed by atoms with E-state index < -0.39 is 11.5 Å². The van der Waals surface area contributed by atoms with Crippen LogP contribution in [-0.4, -0.2) is 19.1 Å².